The molecule has 0 saturated heterocycles. The van der Waals surface area contributed by atoms with Crippen LogP contribution >= 0.6 is 23.2 Å². The topological polar surface area (TPSA) is 57.8 Å². The number of para-hydroxylation sites is 1. The first-order valence-corrected chi connectivity index (χ1v) is 11.9. The molecule has 4 rings (SSSR count). The Morgan fingerprint density at radius 1 is 0.971 bits per heavy atom. The largest absolute Gasteiger partial charge is 0.490 e. The molecule has 1 heterocycles. The number of ether oxygens (including phenoxy) is 2. The number of rotatable bonds is 8. The smallest absolute Gasteiger partial charge is 0.297 e. The average molecular weight is 510 g/mol. The minimum Gasteiger partial charge on any atom is -0.490 e. The SMILES string of the molecule is CCOc1cc(C=Nc2c(C)n(C)n(-c3ccccc3)c2=O)ccc1OCc1ccc(Cl)cc1Cl. The molecule has 1 aromatic heterocycles. The highest BCUT2D eigenvalue weighted by atomic mass is 35.5. The zero-order valence-corrected chi connectivity index (χ0v) is 21.2. The van der Waals surface area contributed by atoms with Gasteiger partial charge in [-0.2, -0.15) is 0 Å². The number of hydrogen-bond acceptors (Lipinski definition) is 4. The number of benzene rings is 3. The Kier molecular flexibility index (Phi) is 7.63. The highest BCUT2D eigenvalue weighted by Crippen LogP contribution is 2.30. The van der Waals surface area contributed by atoms with Crippen LogP contribution in [0.4, 0.5) is 5.69 Å². The number of halogens is 2. The highest BCUT2D eigenvalue weighted by Gasteiger charge is 2.15. The first-order chi connectivity index (χ1) is 16.9. The maximum Gasteiger partial charge on any atom is 0.297 e. The molecule has 0 bridgehead atoms. The minimum absolute atomic E-state index is 0.183. The van der Waals surface area contributed by atoms with Crippen molar-refractivity contribution in [1.29, 1.82) is 0 Å². The van der Waals surface area contributed by atoms with E-state index in [-0.39, 0.29) is 12.2 Å². The van der Waals surface area contributed by atoms with Crippen molar-refractivity contribution in [2.24, 2.45) is 12.0 Å². The molecule has 0 aliphatic carbocycles. The molecule has 35 heavy (non-hydrogen) atoms. The van der Waals surface area contributed by atoms with Crippen LogP contribution in [0, 0.1) is 6.92 Å². The molecule has 0 unspecified atom stereocenters. The second-order valence-corrected chi connectivity index (χ2v) is 8.68. The Labute approximate surface area is 214 Å². The molecule has 6 nitrogen and oxygen atoms in total. The van der Waals surface area contributed by atoms with Gasteiger partial charge >= 0.3 is 0 Å². The molecular weight excluding hydrogens is 485 g/mol. The Morgan fingerprint density at radius 3 is 2.46 bits per heavy atom. The van der Waals surface area contributed by atoms with Crippen LogP contribution in [0.1, 0.15) is 23.7 Å². The third kappa shape index (κ3) is 5.45. The molecule has 8 heteroatoms. The van der Waals surface area contributed by atoms with Crippen molar-refractivity contribution in [1.82, 2.24) is 9.36 Å². The van der Waals surface area contributed by atoms with Crippen LogP contribution in [-0.4, -0.2) is 22.2 Å². The molecule has 0 atom stereocenters. The van der Waals surface area contributed by atoms with Gasteiger partial charge < -0.3 is 9.47 Å². The van der Waals surface area contributed by atoms with E-state index in [0.29, 0.717) is 33.8 Å². The predicted molar refractivity (Wildman–Crippen MR) is 141 cm³/mol. The molecule has 0 spiro atoms. The van der Waals surface area contributed by atoms with Crippen LogP contribution in [0.3, 0.4) is 0 Å². The minimum atomic E-state index is -0.183. The van der Waals surface area contributed by atoms with E-state index in [1.165, 1.54) is 0 Å². The summed E-state index contributed by atoms with van der Waals surface area (Å²) in [6.45, 7) is 4.52. The molecular formula is C27H25Cl2N3O3. The molecule has 3 aromatic carbocycles. The molecule has 0 saturated carbocycles. The molecule has 0 aliphatic heterocycles. The number of nitrogens with zero attached hydrogens (tertiary/aromatic N) is 3. The lowest BCUT2D eigenvalue weighted by atomic mass is 10.2. The summed E-state index contributed by atoms with van der Waals surface area (Å²) in [5.41, 5.74) is 3.34. The van der Waals surface area contributed by atoms with Gasteiger partial charge in [0.15, 0.2) is 17.2 Å². The molecule has 0 radical (unpaired) electrons. The van der Waals surface area contributed by atoms with Crippen molar-refractivity contribution in [2.45, 2.75) is 20.5 Å². The summed E-state index contributed by atoms with van der Waals surface area (Å²) in [5.74, 6) is 1.16. The molecule has 4 aromatic rings. The number of aliphatic imine (C=N–C) groups is 1. The van der Waals surface area contributed by atoms with E-state index in [1.54, 1.807) is 27.7 Å². The van der Waals surface area contributed by atoms with Gasteiger partial charge in [0.25, 0.3) is 5.56 Å². The second kappa shape index (κ2) is 10.8. The Hall–Kier alpha value is -3.48. The van der Waals surface area contributed by atoms with E-state index in [1.807, 2.05) is 75.5 Å². The first-order valence-electron chi connectivity index (χ1n) is 11.1. The van der Waals surface area contributed by atoms with Gasteiger partial charge in [-0.25, -0.2) is 9.67 Å². The first kappa shape index (κ1) is 24.6. The predicted octanol–water partition coefficient (Wildman–Crippen LogP) is 6.52. The summed E-state index contributed by atoms with van der Waals surface area (Å²) in [6, 6.07) is 20.3. The number of aromatic nitrogens is 2. The van der Waals surface area contributed by atoms with Crippen molar-refractivity contribution in [3.8, 4) is 17.2 Å². The van der Waals surface area contributed by atoms with E-state index < -0.39 is 0 Å². The summed E-state index contributed by atoms with van der Waals surface area (Å²) in [6.07, 6.45) is 1.65. The molecule has 0 amide bonds. The van der Waals surface area contributed by atoms with Crippen molar-refractivity contribution in [2.75, 3.05) is 6.61 Å². The standard InChI is InChI=1S/C27H25Cl2N3O3/c1-4-34-25-14-19(10-13-24(25)35-17-20-11-12-21(28)15-23(20)29)16-30-26-18(2)31(3)32(27(26)33)22-8-6-5-7-9-22/h5-16H,4,17H2,1-3H3. The third-order valence-electron chi connectivity index (χ3n) is 5.53. The molecule has 0 fully saturated rings. The normalized spacial score (nSPS) is 11.2. The molecule has 180 valence electrons. The van der Waals surface area contributed by atoms with Crippen LogP contribution in [-0.2, 0) is 13.7 Å². The van der Waals surface area contributed by atoms with E-state index in [4.69, 9.17) is 32.7 Å². The maximum absolute atomic E-state index is 13.1. The van der Waals surface area contributed by atoms with E-state index in [9.17, 15) is 4.79 Å². The van der Waals surface area contributed by atoms with Crippen LogP contribution in [0.25, 0.3) is 5.69 Å². The van der Waals surface area contributed by atoms with Gasteiger partial charge in [-0.15, -0.1) is 0 Å². The Balaban J connectivity index is 1.59. The van der Waals surface area contributed by atoms with Crippen LogP contribution in [0.15, 0.2) is 76.5 Å². The van der Waals surface area contributed by atoms with Crippen LogP contribution in [0.5, 0.6) is 11.5 Å². The summed E-state index contributed by atoms with van der Waals surface area (Å²) >= 11 is 12.2. The van der Waals surface area contributed by atoms with E-state index in [0.717, 1.165) is 22.5 Å². The fourth-order valence-electron chi connectivity index (χ4n) is 3.63. The average Bonchev–Trinajstić information content (AvgIpc) is 3.06. The lowest BCUT2D eigenvalue weighted by Gasteiger charge is -2.13. The maximum atomic E-state index is 13.1. The lowest BCUT2D eigenvalue weighted by molar-refractivity contribution is 0.269. The monoisotopic (exact) mass is 509 g/mol. The van der Waals surface area contributed by atoms with Gasteiger partial charge in [-0.05, 0) is 61.9 Å². The van der Waals surface area contributed by atoms with Crippen molar-refractivity contribution in [3.63, 3.8) is 0 Å². The van der Waals surface area contributed by atoms with Gasteiger partial charge in [-0.1, -0.05) is 47.5 Å². The van der Waals surface area contributed by atoms with Crippen molar-refractivity contribution in [3.05, 3.63) is 104 Å². The van der Waals surface area contributed by atoms with Crippen molar-refractivity contribution < 1.29 is 9.47 Å². The van der Waals surface area contributed by atoms with Crippen LogP contribution < -0.4 is 15.0 Å². The zero-order valence-electron chi connectivity index (χ0n) is 19.7. The van der Waals surface area contributed by atoms with Gasteiger partial charge in [0.2, 0.25) is 0 Å². The summed E-state index contributed by atoms with van der Waals surface area (Å²) in [4.78, 5) is 17.6. The van der Waals surface area contributed by atoms with E-state index >= 15 is 0 Å². The fraction of sp³-hybridized carbons (Fsp3) is 0.185. The van der Waals surface area contributed by atoms with Crippen molar-refractivity contribution >= 4 is 35.1 Å². The highest BCUT2D eigenvalue weighted by molar-refractivity contribution is 6.35. The third-order valence-corrected chi connectivity index (χ3v) is 6.12. The summed E-state index contributed by atoms with van der Waals surface area (Å²) < 4.78 is 15.2. The van der Waals surface area contributed by atoms with Gasteiger partial charge in [0.1, 0.15) is 6.61 Å². The zero-order chi connectivity index (χ0) is 24.9. The quantitative estimate of drug-likeness (QED) is 0.254. The van der Waals surface area contributed by atoms with Gasteiger partial charge in [-0.3, -0.25) is 9.48 Å². The number of hydrogen-bond donors (Lipinski definition) is 0. The van der Waals surface area contributed by atoms with Gasteiger partial charge in [0.05, 0.1) is 18.0 Å². The summed E-state index contributed by atoms with van der Waals surface area (Å²) in [5, 5.41) is 1.11. The Morgan fingerprint density at radius 2 is 1.74 bits per heavy atom. The lowest BCUT2D eigenvalue weighted by Crippen LogP contribution is -2.19. The molecule has 0 N–H and O–H groups in total. The van der Waals surface area contributed by atoms with Gasteiger partial charge in [0, 0.05) is 28.9 Å². The molecule has 0 aliphatic rings. The fourth-order valence-corrected chi connectivity index (χ4v) is 4.09. The van der Waals surface area contributed by atoms with Crippen LogP contribution in [0.2, 0.25) is 10.0 Å². The second-order valence-electron chi connectivity index (χ2n) is 7.83. The summed E-state index contributed by atoms with van der Waals surface area (Å²) in [7, 11) is 1.84. The van der Waals surface area contributed by atoms with E-state index in [2.05, 4.69) is 4.99 Å². The Bertz CT molecular complexity index is 1430.